The molecular weight excluding hydrogens is 555 g/mol. The van der Waals surface area contributed by atoms with Crippen LogP contribution in [0, 0.1) is 24.6 Å². The molecule has 4 rings (SSSR count). The number of alkyl halides is 4. The lowest BCUT2D eigenvalue weighted by atomic mass is 9.77. The van der Waals surface area contributed by atoms with Crippen LogP contribution in [0.1, 0.15) is 131 Å². The number of rotatable bonds is 14. The molecule has 0 aromatic heterocycles. The van der Waals surface area contributed by atoms with Crippen LogP contribution in [-0.4, -0.2) is 27.1 Å². The summed E-state index contributed by atoms with van der Waals surface area (Å²) in [5.41, 5.74) is 4.05. The molecule has 2 saturated carbocycles. The molecule has 2 aromatic carbocycles. The smallest absolute Gasteiger partial charge is 0.191 e. The predicted molar refractivity (Wildman–Crippen MR) is 169 cm³/mol. The van der Waals surface area contributed by atoms with Crippen molar-refractivity contribution < 1.29 is 26.7 Å². The van der Waals surface area contributed by atoms with Gasteiger partial charge in [-0.3, -0.25) is 8.78 Å². The zero-order valence-corrected chi connectivity index (χ0v) is 26.4. The summed E-state index contributed by atoms with van der Waals surface area (Å²) < 4.78 is 61.8. The molecule has 0 N–H and O–H groups in total. The average molecular weight is 611 g/mol. The molecule has 2 aliphatic carbocycles. The van der Waals surface area contributed by atoms with E-state index in [1.54, 1.807) is 12.1 Å². The molecule has 0 aliphatic heterocycles. The predicted octanol–water partition coefficient (Wildman–Crippen LogP) is 12.3. The minimum Gasteiger partial charge on any atom is -0.319 e. The van der Waals surface area contributed by atoms with Gasteiger partial charge in [-0.2, -0.15) is 0 Å². The zero-order valence-electron chi connectivity index (χ0n) is 26.4. The molecule has 2 aromatic rings. The Morgan fingerprint density at radius 1 is 0.581 bits per heavy atom. The number of unbranched alkanes of at least 4 members (excludes halogenated alkanes) is 4. The van der Waals surface area contributed by atoms with Crippen LogP contribution in [0.2, 0.25) is 0 Å². The van der Waals surface area contributed by atoms with Gasteiger partial charge in [0.2, 0.25) is 0 Å². The highest BCUT2D eigenvalue weighted by Gasteiger charge is 2.23. The molecule has 1 nitrogen and oxygen atoms in total. The second kappa shape index (κ2) is 23.4. The average Bonchev–Trinajstić information content (AvgIpc) is 3.03. The number of benzene rings is 2. The fourth-order valence-corrected chi connectivity index (χ4v) is 6.61. The molecule has 0 bridgehead atoms. The largest absolute Gasteiger partial charge is 0.319 e. The van der Waals surface area contributed by atoms with E-state index >= 15 is 0 Å². The van der Waals surface area contributed by atoms with E-state index < -0.39 is 13.7 Å². The van der Waals surface area contributed by atoms with Crippen molar-refractivity contribution in [2.75, 3.05) is 27.1 Å². The van der Waals surface area contributed by atoms with Crippen molar-refractivity contribution in [2.24, 2.45) is 11.8 Å². The van der Waals surface area contributed by atoms with Gasteiger partial charge in [0.25, 0.3) is 0 Å². The van der Waals surface area contributed by atoms with Crippen LogP contribution in [-0.2, 0) is 4.74 Å². The van der Waals surface area contributed by atoms with Crippen LogP contribution >= 0.6 is 0 Å². The SMILES string of the molecule is Cc1ccc(C2CCC(CCCCCCF)CC2)cc1.FCCCCC1CCC(c2cccc(F)c2)CC1.FCOCF. The van der Waals surface area contributed by atoms with Gasteiger partial charge in [-0.05, 0) is 118 Å². The minimum atomic E-state index is -1.03. The van der Waals surface area contributed by atoms with Gasteiger partial charge in [0.05, 0.1) is 13.3 Å². The molecule has 0 amide bonds. The summed E-state index contributed by atoms with van der Waals surface area (Å²) in [6.07, 6.45) is 18.9. The topological polar surface area (TPSA) is 9.23 Å². The van der Waals surface area contributed by atoms with Crippen LogP contribution in [0.25, 0.3) is 0 Å². The third kappa shape index (κ3) is 16.1. The lowest BCUT2D eigenvalue weighted by Gasteiger charge is -2.29. The van der Waals surface area contributed by atoms with Crippen molar-refractivity contribution in [3.05, 3.63) is 71.0 Å². The number of hydrogen-bond acceptors (Lipinski definition) is 1. The Kier molecular flexibility index (Phi) is 20.3. The fraction of sp³-hybridized carbons (Fsp3) is 0.676. The second-order valence-corrected chi connectivity index (χ2v) is 12.4. The summed E-state index contributed by atoms with van der Waals surface area (Å²) in [4.78, 5) is 0. The standard InChI is InChI=1S/C19H29F.C16H22F2.C2H4F2O/c1-16-7-11-18(12-8-16)19-13-9-17(10-14-19)6-4-2-3-5-15-20;17-11-2-1-4-13-7-9-14(10-8-13)15-5-3-6-16(18)12-15;3-1-5-2-4/h7-8,11-12,17,19H,2-6,9-10,13-15H2,1H3;3,5-6,12-14H,1-2,4,7-11H2;1-2H2. The van der Waals surface area contributed by atoms with Crippen LogP contribution < -0.4 is 0 Å². The van der Waals surface area contributed by atoms with E-state index in [2.05, 4.69) is 35.9 Å². The normalized spacial score (nSPS) is 21.7. The molecule has 2 fully saturated rings. The van der Waals surface area contributed by atoms with Crippen molar-refractivity contribution in [1.29, 1.82) is 0 Å². The number of hydrogen-bond donors (Lipinski definition) is 0. The maximum absolute atomic E-state index is 13.2. The maximum atomic E-state index is 13.2. The first-order valence-corrected chi connectivity index (χ1v) is 16.6. The Morgan fingerprint density at radius 3 is 1.56 bits per heavy atom. The fourth-order valence-electron chi connectivity index (χ4n) is 6.61. The third-order valence-corrected chi connectivity index (χ3v) is 9.21. The van der Waals surface area contributed by atoms with E-state index in [0.29, 0.717) is 12.3 Å². The third-order valence-electron chi connectivity index (χ3n) is 9.21. The Morgan fingerprint density at radius 2 is 1.07 bits per heavy atom. The molecule has 0 heterocycles. The Hall–Kier alpha value is -1.95. The molecular formula is C37H55F5O. The van der Waals surface area contributed by atoms with Gasteiger partial charge in [-0.25, -0.2) is 13.2 Å². The Balaban J connectivity index is 0.000000261. The minimum absolute atomic E-state index is 0.127. The van der Waals surface area contributed by atoms with Gasteiger partial charge >= 0.3 is 0 Å². The summed E-state index contributed by atoms with van der Waals surface area (Å²) in [6, 6.07) is 16.1. The Bertz CT molecular complexity index is 919. The molecule has 6 heteroatoms. The first-order valence-electron chi connectivity index (χ1n) is 16.6. The van der Waals surface area contributed by atoms with Gasteiger partial charge in [-0.1, -0.05) is 80.5 Å². The van der Waals surface area contributed by atoms with Crippen LogP contribution in [0.5, 0.6) is 0 Å². The molecule has 43 heavy (non-hydrogen) atoms. The second-order valence-electron chi connectivity index (χ2n) is 12.4. The number of halogens is 5. The lowest BCUT2D eigenvalue weighted by molar-refractivity contribution is 0.00298. The van der Waals surface area contributed by atoms with Crippen molar-refractivity contribution >= 4 is 0 Å². The van der Waals surface area contributed by atoms with E-state index in [1.807, 2.05) is 6.07 Å². The van der Waals surface area contributed by atoms with Crippen LogP contribution in [0.4, 0.5) is 22.0 Å². The molecule has 0 unspecified atom stereocenters. The van der Waals surface area contributed by atoms with Crippen molar-refractivity contribution in [3.63, 3.8) is 0 Å². The van der Waals surface area contributed by atoms with Gasteiger partial charge in [0.1, 0.15) is 5.82 Å². The van der Waals surface area contributed by atoms with Gasteiger partial charge in [0, 0.05) is 0 Å². The highest BCUT2D eigenvalue weighted by atomic mass is 19.2. The summed E-state index contributed by atoms with van der Waals surface area (Å²) in [7, 11) is 0. The molecule has 0 saturated heterocycles. The van der Waals surface area contributed by atoms with E-state index in [4.69, 9.17) is 0 Å². The highest BCUT2D eigenvalue weighted by molar-refractivity contribution is 5.25. The van der Waals surface area contributed by atoms with E-state index in [9.17, 15) is 22.0 Å². The Labute approximate surface area is 258 Å². The van der Waals surface area contributed by atoms with Crippen molar-refractivity contribution in [2.45, 2.75) is 121 Å². The highest BCUT2D eigenvalue weighted by Crippen LogP contribution is 2.39. The molecule has 0 radical (unpaired) electrons. The first-order chi connectivity index (χ1) is 21.0. The first kappa shape index (κ1) is 37.2. The number of ether oxygens (including phenoxy) is 1. The van der Waals surface area contributed by atoms with E-state index in [-0.39, 0.29) is 19.2 Å². The van der Waals surface area contributed by atoms with Gasteiger partial charge < -0.3 is 4.74 Å². The molecule has 0 spiro atoms. The summed E-state index contributed by atoms with van der Waals surface area (Å²) in [6.45, 7) is -0.225. The quantitative estimate of drug-likeness (QED) is 0.153. The molecule has 0 atom stereocenters. The lowest BCUT2D eigenvalue weighted by Crippen LogP contribution is -2.13. The summed E-state index contributed by atoms with van der Waals surface area (Å²) in [5.74, 6) is 2.89. The van der Waals surface area contributed by atoms with Gasteiger partial charge in [-0.15, -0.1) is 0 Å². The van der Waals surface area contributed by atoms with Crippen LogP contribution in [0.3, 0.4) is 0 Å². The zero-order chi connectivity index (χ0) is 31.1. The van der Waals surface area contributed by atoms with Gasteiger partial charge in [0.15, 0.2) is 13.7 Å². The summed E-state index contributed by atoms with van der Waals surface area (Å²) >= 11 is 0. The van der Waals surface area contributed by atoms with Crippen LogP contribution in [0.15, 0.2) is 48.5 Å². The van der Waals surface area contributed by atoms with Crippen molar-refractivity contribution in [1.82, 2.24) is 0 Å². The van der Waals surface area contributed by atoms with E-state index in [1.165, 1.54) is 81.4 Å². The van der Waals surface area contributed by atoms with E-state index in [0.717, 1.165) is 55.4 Å². The maximum Gasteiger partial charge on any atom is 0.191 e. The molecule has 2 aliphatic rings. The van der Waals surface area contributed by atoms with Crippen molar-refractivity contribution in [3.8, 4) is 0 Å². The molecule has 244 valence electrons. The summed E-state index contributed by atoms with van der Waals surface area (Å²) in [5, 5.41) is 0. The number of aryl methyl sites for hydroxylation is 1. The monoisotopic (exact) mass is 610 g/mol.